The molecule has 3 N–H and O–H groups in total. The summed E-state index contributed by atoms with van der Waals surface area (Å²) in [5.74, 6) is -0.353. The van der Waals surface area contributed by atoms with Crippen LogP contribution in [-0.4, -0.2) is 37.5 Å². The fourth-order valence-electron chi connectivity index (χ4n) is 3.33. The third-order valence-corrected chi connectivity index (χ3v) is 5.15. The highest BCUT2D eigenvalue weighted by Gasteiger charge is 2.29. The summed E-state index contributed by atoms with van der Waals surface area (Å²) >= 11 is 0. The van der Waals surface area contributed by atoms with Gasteiger partial charge < -0.3 is 20.4 Å². The van der Waals surface area contributed by atoms with Crippen LogP contribution in [0.15, 0.2) is 53.1 Å². The Kier molecular flexibility index (Phi) is 6.29. The van der Waals surface area contributed by atoms with E-state index >= 15 is 0 Å². The molecule has 2 heterocycles. The van der Waals surface area contributed by atoms with E-state index in [0.29, 0.717) is 13.0 Å². The zero-order valence-electron chi connectivity index (χ0n) is 15.7. The molecular formula is C21H27N3O3. The van der Waals surface area contributed by atoms with E-state index in [1.165, 1.54) is 6.26 Å². The number of carbonyl (C=O) groups is 2. The van der Waals surface area contributed by atoms with Crippen LogP contribution in [0.1, 0.15) is 35.9 Å². The molecule has 1 unspecified atom stereocenters. The first-order valence-corrected chi connectivity index (χ1v) is 9.42. The molecule has 1 aliphatic heterocycles. The van der Waals surface area contributed by atoms with Crippen molar-refractivity contribution in [1.82, 2.24) is 16.0 Å². The fraction of sp³-hybridized carbons (Fsp3) is 0.429. The average Bonchev–Trinajstić information content (AvgIpc) is 3.22. The Morgan fingerprint density at radius 2 is 1.89 bits per heavy atom. The van der Waals surface area contributed by atoms with Crippen LogP contribution in [0.4, 0.5) is 0 Å². The van der Waals surface area contributed by atoms with Crippen molar-refractivity contribution in [2.24, 2.45) is 5.41 Å². The molecule has 3 rings (SSSR count). The zero-order valence-corrected chi connectivity index (χ0v) is 15.7. The number of hydrogen-bond donors (Lipinski definition) is 3. The number of rotatable bonds is 7. The lowest BCUT2D eigenvalue weighted by Crippen LogP contribution is -2.51. The molecule has 1 saturated heterocycles. The molecule has 2 aromatic rings. The largest absolute Gasteiger partial charge is 0.459 e. The molecule has 0 radical (unpaired) electrons. The third-order valence-electron chi connectivity index (χ3n) is 5.15. The van der Waals surface area contributed by atoms with Crippen molar-refractivity contribution >= 4 is 11.8 Å². The number of piperidine rings is 1. The fourth-order valence-corrected chi connectivity index (χ4v) is 3.33. The van der Waals surface area contributed by atoms with E-state index in [-0.39, 0.29) is 23.0 Å². The van der Waals surface area contributed by atoms with Gasteiger partial charge in [-0.05, 0) is 49.0 Å². The van der Waals surface area contributed by atoms with Gasteiger partial charge in [-0.2, -0.15) is 0 Å². The lowest BCUT2D eigenvalue weighted by molar-refractivity contribution is -0.123. The first-order valence-electron chi connectivity index (χ1n) is 9.42. The maximum atomic E-state index is 12.9. The van der Waals surface area contributed by atoms with E-state index in [9.17, 15) is 9.59 Å². The van der Waals surface area contributed by atoms with Crippen LogP contribution in [0.5, 0.6) is 0 Å². The molecule has 1 atom stereocenters. The second-order valence-corrected chi connectivity index (χ2v) is 7.47. The van der Waals surface area contributed by atoms with Gasteiger partial charge in [-0.1, -0.05) is 37.3 Å². The van der Waals surface area contributed by atoms with Crippen molar-refractivity contribution in [3.63, 3.8) is 0 Å². The highest BCUT2D eigenvalue weighted by atomic mass is 16.3. The Balaban J connectivity index is 1.66. The second kappa shape index (κ2) is 8.86. The van der Waals surface area contributed by atoms with E-state index in [0.717, 1.165) is 31.5 Å². The van der Waals surface area contributed by atoms with Crippen LogP contribution >= 0.6 is 0 Å². The third kappa shape index (κ3) is 5.44. The van der Waals surface area contributed by atoms with Gasteiger partial charge in [0.05, 0.1) is 6.26 Å². The highest BCUT2D eigenvalue weighted by Crippen LogP contribution is 2.26. The molecule has 1 aliphatic rings. The summed E-state index contributed by atoms with van der Waals surface area (Å²) in [4.78, 5) is 25.3. The van der Waals surface area contributed by atoms with Gasteiger partial charge in [0.25, 0.3) is 5.91 Å². The first kappa shape index (κ1) is 19.2. The first-order chi connectivity index (χ1) is 13.1. The van der Waals surface area contributed by atoms with E-state index in [4.69, 9.17) is 4.42 Å². The smallest absolute Gasteiger partial charge is 0.287 e. The standard InChI is InChI=1S/C21H27N3O3/c1-21(9-11-22-12-10-21)15-23-19(25)17(14-16-6-3-2-4-7-16)24-20(26)18-8-5-13-27-18/h2-8,13,17,22H,9-12,14-15H2,1H3,(H,23,25)(H,24,26). The Bertz CT molecular complexity index is 737. The van der Waals surface area contributed by atoms with Gasteiger partial charge in [0.15, 0.2) is 5.76 Å². The molecule has 1 aromatic heterocycles. The normalized spacial score (nSPS) is 17.1. The number of amides is 2. The van der Waals surface area contributed by atoms with E-state index in [1.807, 2.05) is 30.3 Å². The predicted octanol–water partition coefficient (Wildman–Crippen LogP) is 2.13. The summed E-state index contributed by atoms with van der Waals surface area (Å²) in [6.07, 6.45) is 3.92. The molecule has 2 amide bonds. The molecule has 6 heteroatoms. The zero-order chi connectivity index (χ0) is 19.1. The van der Waals surface area contributed by atoms with Crippen LogP contribution in [-0.2, 0) is 11.2 Å². The van der Waals surface area contributed by atoms with Crippen molar-refractivity contribution in [2.75, 3.05) is 19.6 Å². The lowest BCUT2D eigenvalue weighted by Gasteiger charge is -2.34. The monoisotopic (exact) mass is 369 g/mol. The van der Waals surface area contributed by atoms with Crippen LogP contribution in [0.3, 0.4) is 0 Å². The lowest BCUT2D eigenvalue weighted by atomic mass is 9.81. The highest BCUT2D eigenvalue weighted by molar-refractivity contribution is 5.95. The molecule has 0 aliphatic carbocycles. The van der Waals surface area contributed by atoms with Crippen LogP contribution in [0, 0.1) is 5.41 Å². The van der Waals surface area contributed by atoms with E-state index in [1.54, 1.807) is 12.1 Å². The molecule has 0 saturated carbocycles. The van der Waals surface area contributed by atoms with Gasteiger partial charge in [0.1, 0.15) is 6.04 Å². The second-order valence-electron chi connectivity index (χ2n) is 7.47. The van der Waals surface area contributed by atoms with Crippen molar-refractivity contribution in [3.8, 4) is 0 Å². The quantitative estimate of drug-likeness (QED) is 0.698. The molecule has 1 fully saturated rings. The van der Waals surface area contributed by atoms with E-state index in [2.05, 4.69) is 22.9 Å². The maximum absolute atomic E-state index is 12.9. The summed E-state index contributed by atoms with van der Waals surface area (Å²) in [7, 11) is 0. The summed E-state index contributed by atoms with van der Waals surface area (Å²) < 4.78 is 5.15. The van der Waals surface area contributed by atoms with E-state index < -0.39 is 6.04 Å². The van der Waals surface area contributed by atoms with Crippen molar-refractivity contribution in [3.05, 3.63) is 60.1 Å². The Labute approximate surface area is 159 Å². The van der Waals surface area contributed by atoms with Crippen LogP contribution in [0.25, 0.3) is 0 Å². The number of nitrogens with one attached hydrogen (secondary N) is 3. The molecular weight excluding hydrogens is 342 g/mol. The minimum Gasteiger partial charge on any atom is -0.459 e. The van der Waals surface area contributed by atoms with Crippen molar-refractivity contribution in [2.45, 2.75) is 32.2 Å². The SMILES string of the molecule is CC1(CNC(=O)C(Cc2ccccc2)NC(=O)c2ccco2)CCNCC1. The van der Waals surface area contributed by atoms with Gasteiger partial charge in [0.2, 0.25) is 5.91 Å². The van der Waals surface area contributed by atoms with Gasteiger partial charge in [-0.15, -0.1) is 0 Å². The summed E-state index contributed by atoms with van der Waals surface area (Å²) in [5, 5.41) is 9.21. The molecule has 27 heavy (non-hydrogen) atoms. The number of hydrogen-bond acceptors (Lipinski definition) is 4. The topological polar surface area (TPSA) is 83.4 Å². The van der Waals surface area contributed by atoms with Gasteiger partial charge in [-0.25, -0.2) is 0 Å². The number of benzene rings is 1. The van der Waals surface area contributed by atoms with Crippen molar-refractivity contribution in [1.29, 1.82) is 0 Å². The van der Waals surface area contributed by atoms with Gasteiger partial charge >= 0.3 is 0 Å². The summed E-state index contributed by atoms with van der Waals surface area (Å²) in [6, 6.07) is 12.3. The van der Waals surface area contributed by atoms with Gasteiger partial charge in [-0.3, -0.25) is 9.59 Å². The Morgan fingerprint density at radius 1 is 1.15 bits per heavy atom. The average molecular weight is 369 g/mol. The van der Waals surface area contributed by atoms with Crippen LogP contribution in [0.2, 0.25) is 0 Å². The molecule has 1 aromatic carbocycles. The minimum absolute atomic E-state index is 0.0865. The molecule has 0 bridgehead atoms. The Morgan fingerprint density at radius 3 is 2.56 bits per heavy atom. The Hall–Kier alpha value is -2.60. The molecule has 0 spiro atoms. The predicted molar refractivity (Wildman–Crippen MR) is 103 cm³/mol. The minimum atomic E-state index is -0.657. The van der Waals surface area contributed by atoms with Crippen molar-refractivity contribution < 1.29 is 14.0 Å². The van der Waals surface area contributed by atoms with Crippen LogP contribution < -0.4 is 16.0 Å². The number of carbonyl (C=O) groups excluding carboxylic acids is 2. The van der Waals surface area contributed by atoms with Gasteiger partial charge in [0, 0.05) is 13.0 Å². The summed E-state index contributed by atoms with van der Waals surface area (Å²) in [6.45, 7) is 4.74. The molecule has 144 valence electrons. The maximum Gasteiger partial charge on any atom is 0.287 e. The molecule has 6 nitrogen and oxygen atoms in total. The summed E-state index contributed by atoms with van der Waals surface area (Å²) in [5.41, 5.74) is 1.08. The number of furan rings is 1.